The highest BCUT2D eigenvalue weighted by Crippen LogP contribution is 2.25. The molecule has 0 bridgehead atoms. The number of nitrogens with two attached hydrogens (primary N) is 1. The van der Waals surface area contributed by atoms with E-state index in [4.69, 9.17) is 10.5 Å². The molecule has 2 unspecified atom stereocenters. The van der Waals surface area contributed by atoms with Gasteiger partial charge in [0.15, 0.2) is 0 Å². The maximum absolute atomic E-state index is 6.09. The van der Waals surface area contributed by atoms with E-state index in [-0.39, 0.29) is 0 Å². The van der Waals surface area contributed by atoms with Crippen LogP contribution in [-0.2, 0) is 4.74 Å². The molecule has 0 spiro atoms. The van der Waals surface area contributed by atoms with E-state index in [1.807, 2.05) is 0 Å². The summed E-state index contributed by atoms with van der Waals surface area (Å²) in [5, 5.41) is 0. The van der Waals surface area contributed by atoms with Gasteiger partial charge in [-0.05, 0) is 31.7 Å². The zero-order valence-electron chi connectivity index (χ0n) is 12.3. The second-order valence-electron chi connectivity index (χ2n) is 5.81. The number of hydrogen-bond acceptors (Lipinski definition) is 2. The minimum absolute atomic E-state index is 0.452. The topological polar surface area (TPSA) is 35.2 Å². The van der Waals surface area contributed by atoms with Crippen molar-refractivity contribution < 1.29 is 4.74 Å². The SMILES string of the molecule is CCCCCCCCOC1CCCCCC1CN. The molecule has 1 fully saturated rings. The molecule has 1 rings (SSSR count). The van der Waals surface area contributed by atoms with Crippen LogP contribution in [0.5, 0.6) is 0 Å². The Hall–Kier alpha value is -0.0800. The smallest absolute Gasteiger partial charge is 0.0615 e. The van der Waals surface area contributed by atoms with E-state index < -0.39 is 0 Å². The molecule has 0 radical (unpaired) electrons. The van der Waals surface area contributed by atoms with Crippen LogP contribution in [0.1, 0.15) is 77.6 Å². The predicted molar refractivity (Wildman–Crippen MR) is 78.7 cm³/mol. The number of ether oxygens (including phenoxy) is 1. The summed E-state index contributed by atoms with van der Waals surface area (Å²) in [7, 11) is 0. The highest BCUT2D eigenvalue weighted by atomic mass is 16.5. The minimum Gasteiger partial charge on any atom is -0.378 e. The van der Waals surface area contributed by atoms with Gasteiger partial charge in [0.1, 0.15) is 0 Å². The molecule has 0 aromatic heterocycles. The standard InChI is InChI=1S/C16H33NO/c1-2-3-4-5-6-10-13-18-16-12-9-7-8-11-15(16)14-17/h15-16H,2-14,17H2,1H3. The van der Waals surface area contributed by atoms with E-state index in [0.717, 1.165) is 13.2 Å². The first-order valence-electron chi connectivity index (χ1n) is 8.20. The fourth-order valence-electron chi connectivity index (χ4n) is 2.96. The van der Waals surface area contributed by atoms with Crippen LogP contribution < -0.4 is 5.73 Å². The van der Waals surface area contributed by atoms with Crippen LogP contribution in [0.25, 0.3) is 0 Å². The molecule has 1 aliphatic carbocycles. The molecular weight excluding hydrogens is 222 g/mol. The lowest BCUT2D eigenvalue weighted by Crippen LogP contribution is -2.29. The maximum Gasteiger partial charge on any atom is 0.0615 e. The molecule has 1 saturated carbocycles. The van der Waals surface area contributed by atoms with E-state index in [1.165, 1.54) is 70.6 Å². The van der Waals surface area contributed by atoms with Crippen molar-refractivity contribution in [3.63, 3.8) is 0 Å². The Balaban J connectivity index is 2.05. The second kappa shape index (κ2) is 10.8. The third-order valence-electron chi connectivity index (χ3n) is 4.22. The van der Waals surface area contributed by atoms with Gasteiger partial charge in [0, 0.05) is 6.61 Å². The Kier molecular flexibility index (Phi) is 9.59. The Labute approximate surface area is 114 Å². The van der Waals surface area contributed by atoms with E-state index in [1.54, 1.807) is 0 Å². The fraction of sp³-hybridized carbons (Fsp3) is 1.00. The van der Waals surface area contributed by atoms with Gasteiger partial charge in [0.05, 0.1) is 6.10 Å². The van der Waals surface area contributed by atoms with Crippen molar-refractivity contribution in [3.8, 4) is 0 Å². The Morgan fingerprint density at radius 3 is 2.44 bits per heavy atom. The molecule has 0 saturated heterocycles. The van der Waals surface area contributed by atoms with Crippen LogP contribution in [0, 0.1) is 5.92 Å². The molecule has 2 N–H and O–H groups in total. The lowest BCUT2D eigenvalue weighted by Gasteiger charge is -2.24. The first-order chi connectivity index (χ1) is 8.88. The van der Waals surface area contributed by atoms with Gasteiger partial charge in [-0.15, -0.1) is 0 Å². The minimum atomic E-state index is 0.452. The molecule has 0 aromatic carbocycles. The van der Waals surface area contributed by atoms with Gasteiger partial charge in [-0.2, -0.15) is 0 Å². The van der Waals surface area contributed by atoms with Gasteiger partial charge in [0.2, 0.25) is 0 Å². The fourth-order valence-corrected chi connectivity index (χ4v) is 2.96. The summed E-state index contributed by atoms with van der Waals surface area (Å²) in [6.07, 6.45) is 15.1. The maximum atomic E-state index is 6.09. The van der Waals surface area contributed by atoms with Crippen molar-refractivity contribution in [3.05, 3.63) is 0 Å². The van der Waals surface area contributed by atoms with Crippen molar-refractivity contribution in [2.24, 2.45) is 11.7 Å². The van der Waals surface area contributed by atoms with E-state index in [2.05, 4.69) is 6.92 Å². The monoisotopic (exact) mass is 255 g/mol. The molecule has 0 aliphatic heterocycles. The third kappa shape index (κ3) is 6.75. The Bertz CT molecular complexity index is 184. The Morgan fingerprint density at radius 1 is 0.944 bits per heavy atom. The third-order valence-corrected chi connectivity index (χ3v) is 4.22. The summed E-state index contributed by atoms with van der Waals surface area (Å²) in [5.74, 6) is 0.618. The molecule has 2 heteroatoms. The molecule has 0 amide bonds. The van der Waals surface area contributed by atoms with Gasteiger partial charge >= 0.3 is 0 Å². The summed E-state index contributed by atoms with van der Waals surface area (Å²) in [4.78, 5) is 0. The first-order valence-corrected chi connectivity index (χ1v) is 8.20. The summed E-state index contributed by atoms with van der Waals surface area (Å²) in [5.41, 5.74) is 5.87. The zero-order chi connectivity index (χ0) is 13.1. The highest BCUT2D eigenvalue weighted by Gasteiger charge is 2.22. The van der Waals surface area contributed by atoms with Gasteiger partial charge < -0.3 is 10.5 Å². The number of rotatable bonds is 9. The second-order valence-corrected chi connectivity index (χ2v) is 5.81. The van der Waals surface area contributed by atoms with Gasteiger partial charge in [-0.3, -0.25) is 0 Å². The van der Waals surface area contributed by atoms with Gasteiger partial charge in [-0.1, -0.05) is 58.3 Å². The molecular formula is C16H33NO. The predicted octanol–water partition coefficient (Wildman–Crippen LogP) is 4.27. The summed E-state index contributed by atoms with van der Waals surface area (Å²) < 4.78 is 6.09. The highest BCUT2D eigenvalue weighted by molar-refractivity contribution is 4.75. The molecule has 2 atom stereocenters. The van der Waals surface area contributed by atoms with E-state index in [0.29, 0.717) is 12.0 Å². The largest absolute Gasteiger partial charge is 0.378 e. The van der Waals surface area contributed by atoms with E-state index in [9.17, 15) is 0 Å². The Morgan fingerprint density at radius 2 is 1.67 bits per heavy atom. The molecule has 18 heavy (non-hydrogen) atoms. The van der Waals surface area contributed by atoms with Gasteiger partial charge in [-0.25, -0.2) is 0 Å². The molecule has 108 valence electrons. The van der Waals surface area contributed by atoms with Crippen LogP contribution in [0.15, 0.2) is 0 Å². The van der Waals surface area contributed by atoms with Crippen LogP contribution in [0.3, 0.4) is 0 Å². The van der Waals surface area contributed by atoms with Crippen LogP contribution in [0.2, 0.25) is 0 Å². The lowest BCUT2D eigenvalue weighted by molar-refractivity contribution is 0.00849. The van der Waals surface area contributed by atoms with Crippen molar-refractivity contribution in [1.29, 1.82) is 0 Å². The molecule has 2 nitrogen and oxygen atoms in total. The lowest BCUT2D eigenvalue weighted by atomic mass is 9.97. The molecule has 0 aromatic rings. The summed E-state index contributed by atoms with van der Waals surface area (Å²) >= 11 is 0. The van der Waals surface area contributed by atoms with Crippen LogP contribution in [-0.4, -0.2) is 19.3 Å². The van der Waals surface area contributed by atoms with Crippen molar-refractivity contribution in [2.45, 2.75) is 83.7 Å². The average Bonchev–Trinajstić information content (AvgIpc) is 2.62. The van der Waals surface area contributed by atoms with Crippen LogP contribution >= 0.6 is 0 Å². The molecule has 0 heterocycles. The number of unbranched alkanes of at least 4 members (excludes halogenated alkanes) is 5. The quantitative estimate of drug-likeness (QED) is 0.493. The first kappa shape index (κ1) is 16.0. The molecule has 1 aliphatic rings. The summed E-state index contributed by atoms with van der Waals surface area (Å²) in [6.45, 7) is 4.02. The van der Waals surface area contributed by atoms with E-state index >= 15 is 0 Å². The average molecular weight is 255 g/mol. The zero-order valence-corrected chi connectivity index (χ0v) is 12.3. The van der Waals surface area contributed by atoms with Crippen molar-refractivity contribution in [2.75, 3.05) is 13.2 Å². The summed E-state index contributed by atoms with van der Waals surface area (Å²) in [6, 6.07) is 0. The number of hydrogen-bond donors (Lipinski definition) is 1. The van der Waals surface area contributed by atoms with Crippen molar-refractivity contribution >= 4 is 0 Å². The van der Waals surface area contributed by atoms with Gasteiger partial charge in [0.25, 0.3) is 0 Å². The van der Waals surface area contributed by atoms with Crippen LogP contribution in [0.4, 0.5) is 0 Å². The normalized spacial score (nSPS) is 25.0. The van der Waals surface area contributed by atoms with Crippen molar-refractivity contribution in [1.82, 2.24) is 0 Å².